The van der Waals surface area contributed by atoms with Gasteiger partial charge in [-0.15, -0.1) is 0 Å². The lowest BCUT2D eigenvalue weighted by molar-refractivity contribution is -0.166. The highest BCUT2D eigenvalue weighted by Gasteiger charge is 2.42. The Kier molecular flexibility index (Phi) is 8.28. The fourth-order valence-corrected chi connectivity index (χ4v) is 4.32. The Morgan fingerprint density at radius 2 is 1.92 bits per heavy atom. The van der Waals surface area contributed by atoms with Crippen LogP contribution in [0.2, 0.25) is 5.02 Å². The summed E-state index contributed by atoms with van der Waals surface area (Å²) in [5.74, 6) is 0.445. The molecule has 0 bridgehead atoms. The van der Waals surface area contributed by atoms with Crippen LogP contribution in [0.25, 0.3) is 0 Å². The van der Waals surface area contributed by atoms with Gasteiger partial charge in [0.2, 0.25) is 11.8 Å². The van der Waals surface area contributed by atoms with Gasteiger partial charge in [0.05, 0.1) is 25.8 Å². The summed E-state index contributed by atoms with van der Waals surface area (Å²) < 4.78 is 13.9. The van der Waals surface area contributed by atoms with Crippen LogP contribution in [0.3, 0.4) is 0 Å². The van der Waals surface area contributed by atoms with Crippen molar-refractivity contribution in [3.8, 4) is 5.75 Å². The topological polar surface area (TPSA) is 76.9 Å². The van der Waals surface area contributed by atoms with Gasteiger partial charge in [0.15, 0.2) is 0 Å². The number of nitrogens with zero attached hydrogens (tertiary/aromatic N) is 4. The highest BCUT2D eigenvalue weighted by Crippen LogP contribution is 2.26. The van der Waals surface area contributed by atoms with E-state index in [-0.39, 0.29) is 37.9 Å². The SMILES string of the molecule is Cc1cnn(CC(=O)N2CCOC(COc3ccc(Cl)cc3)(CC(=O)N(C)Cc3ccccc3)C2)c1. The maximum absolute atomic E-state index is 13.3. The number of aryl methyl sites for hydroxylation is 1. The standard InChI is InChI=1S/C27H31ClN4O4/c1-21-15-29-32(16-21)18-26(34)31-12-13-36-27(19-31,20-35-24-10-8-23(28)9-11-24)14-25(33)30(2)17-22-6-4-3-5-7-22/h3-11,15-16H,12-14,17-20H2,1-2H3. The molecule has 2 aromatic carbocycles. The van der Waals surface area contributed by atoms with E-state index in [0.717, 1.165) is 11.1 Å². The van der Waals surface area contributed by atoms with Gasteiger partial charge in [-0.05, 0) is 42.3 Å². The molecule has 1 unspecified atom stereocenters. The Bertz CT molecular complexity index is 1170. The van der Waals surface area contributed by atoms with E-state index in [2.05, 4.69) is 5.10 Å². The number of halogens is 1. The first-order chi connectivity index (χ1) is 17.3. The molecule has 190 valence electrons. The summed E-state index contributed by atoms with van der Waals surface area (Å²) in [4.78, 5) is 29.8. The molecular weight excluding hydrogens is 480 g/mol. The lowest BCUT2D eigenvalue weighted by Gasteiger charge is -2.42. The highest BCUT2D eigenvalue weighted by molar-refractivity contribution is 6.30. The van der Waals surface area contributed by atoms with Gasteiger partial charge in [0, 0.05) is 31.4 Å². The van der Waals surface area contributed by atoms with Gasteiger partial charge in [-0.25, -0.2) is 0 Å². The third-order valence-electron chi connectivity index (χ3n) is 6.14. The van der Waals surface area contributed by atoms with Crippen LogP contribution in [-0.4, -0.2) is 70.3 Å². The number of amides is 2. The Morgan fingerprint density at radius 1 is 1.17 bits per heavy atom. The molecule has 0 radical (unpaired) electrons. The Balaban J connectivity index is 1.48. The summed E-state index contributed by atoms with van der Waals surface area (Å²) in [5, 5.41) is 4.83. The smallest absolute Gasteiger partial charge is 0.244 e. The van der Waals surface area contributed by atoms with Crippen LogP contribution in [0.4, 0.5) is 0 Å². The fourth-order valence-electron chi connectivity index (χ4n) is 4.20. The van der Waals surface area contributed by atoms with E-state index in [0.29, 0.717) is 30.5 Å². The van der Waals surface area contributed by atoms with Crippen LogP contribution >= 0.6 is 11.6 Å². The molecule has 36 heavy (non-hydrogen) atoms. The first kappa shape index (κ1) is 25.7. The minimum atomic E-state index is -0.990. The highest BCUT2D eigenvalue weighted by atomic mass is 35.5. The van der Waals surface area contributed by atoms with E-state index in [1.165, 1.54) is 0 Å². The molecule has 2 amide bonds. The van der Waals surface area contributed by atoms with Gasteiger partial charge in [-0.1, -0.05) is 41.9 Å². The van der Waals surface area contributed by atoms with Crippen molar-refractivity contribution in [2.45, 2.75) is 32.0 Å². The van der Waals surface area contributed by atoms with Gasteiger partial charge >= 0.3 is 0 Å². The van der Waals surface area contributed by atoms with Crippen LogP contribution in [0.5, 0.6) is 5.75 Å². The molecule has 1 saturated heterocycles. The molecule has 0 saturated carbocycles. The molecule has 1 atom stereocenters. The van der Waals surface area contributed by atoms with E-state index in [4.69, 9.17) is 21.1 Å². The number of carbonyl (C=O) groups excluding carboxylic acids is 2. The lowest BCUT2D eigenvalue weighted by atomic mass is 9.96. The van der Waals surface area contributed by atoms with Crippen molar-refractivity contribution in [3.05, 3.63) is 83.1 Å². The van der Waals surface area contributed by atoms with Crippen molar-refractivity contribution in [3.63, 3.8) is 0 Å². The molecule has 1 aliphatic heterocycles. The molecular formula is C27H31ClN4O4. The summed E-state index contributed by atoms with van der Waals surface area (Å²) >= 11 is 6.00. The van der Waals surface area contributed by atoms with Gasteiger partial charge in [0.25, 0.3) is 0 Å². The van der Waals surface area contributed by atoms with E-state index in [1.807, 2.05) is 43.5 Å². The van der Waals surface area contributed by atoms with Crippen LogP contribution in [0, 0.1) is 6.92 Å². The van der Waals surface area contributed by atoms with E-state index < -0.39 is 5.60 Å². The van der Waals surface area contributed by atoms with Crippen molar-refractivity contribution in [2.24, 2.45) is 0 Å². The van der Waals surface area contributed by atoms with Gasteiger partial charge in [0.1, 0.15) is 24.5 Å². The number of ether oxygens (including phenoxy) is 2. The van der Waals surface area contributed by atoms with Crippen molar-refractivity contribution in [1.29, 1.82) is 0 Å². The molecule has 4 rings (SSSR count). The first-order valence-corrected chi connectivity index (χ1v) is 12.3. The van der Waals surface area contributed by atoms with E-state index in [1.54, 1.807) is 52.0 Å². The van der Waals surface area contributed by atoms with Crippen molar-refractivity contribution in [2.75, 3.05) is 33.4 Å². The second-order valence-corrected chi connectivity index (χ2v) is 9.65. The van der Waals surface area contributed by atoms with Crippen LogP contribution in [0.15, 0.2) is 67.0 Å². The van der Waals surface area contributed by atoms with Crippen molar-refractivity contribution in [1.82, 2.24) is 19.6 Å². The summed E-state index contributed by atoms with van der Waals surface area (Å²) in [7, 11) is 1.77. The molecule has 0 spiro atoms. The van der Waals surface area contributed by atoms with Crippen LogP contribution in [0.1, 0.15) is 17.5 Å². The maximum Gasteiger partial charge on any atom is 0.244 e. The minimum absolute atomic E-state index is 0.0780. The lowest BCUT2D eigenvalue weighted by Crippen LogP contribution is -2.58. The van der Waals surface area contributed by atoms with Crippen LogP contribution in [-0.2, 0) is 27.4 Å². The summed E-state index contributed by atoms with van der Waals surface area (Å²) in [5.41, 5.74) is 1.04. The Labute approximate surface area is 216 Å². The predicted molar refractivity (Wildman–Crippen MR) is 137 cm³/mol. The van der Waals surface area contributed by atoms with Gasteiger partial charge < -0.3 is 19.3 Å². The van der Waals surface area contributed by atoms with Crippen molar-refractivity contribution < 1.29 is 19.1 Å². The molecule has 0 aliphatic carbocycles. The summed E-state index contributed by atoms with van der Waals surface area (Å²) in [6, 6.07) is 16.8. The number of carbonyl (C=O) groups is 2. The zero-order chi connectivity index (χ0) is 25.5. The molecule has 8 nitrogen and oxygen atoms in total. The Morgan fingerprint density at radius 3 is 2.61 bits per heavy atom. The number of morpholine rings is 1. The monoisotopic (exact) mass is 510 g/mol. The molecule has 0 N–H and O–H groups in total. The zero-order valence-electron chi connectivity index (χ0n) is 20.6. The number of benzene rings is 2. The molecule has 3 aromatic rings. The van der Waals surface area contributed by atoms with Crippen LogP contribution < -0.4 is 4.74 Å². The summed E-state index contributed by atoms with van der Waals surface area (Å²) in [6.45, 7) is 3.65. The molecule has 2 heterocycles. The predicted octanol–water partition coefficient (Wildman–Crippen LogP) is 3.57. The zero-order valence-corrected chi connectivity index (χ0v) is 21.4. The molecule has 1 fully saturated rings. The molecule has 9 heteroatoms. The van der Waals surface area contributed by atoms with Crippen molar-refractivity contribution >= 4 is 23.4 Å². The second kappa shape index (κ2) is 11.6. The summed E-state index contributed by atoms with van der Waals surface area (Å²) in [6.07, 6.45) is 3.63. The molecule has 1 aliphatic rings. The van der Waals surface area contributed by atoms with E-state index in [9.17, 15) is 9.59 Å². The normalized spacial score (nSPS) is 17.6. The average Bonchev–Trinajstić information content (AvgIpc) is 3.28. The third kappa shape index (κ3) is 6.86. The Hall–Kier alpha value is -3.36. The first-order valence-electron chi connectivity index (χ1n) is 11.9. The third-order valence-corrected chi connectivity index (χ3v) is 6.39. The molecule has 1 aromatic heterocycles. The van der Waals surface area contributed by atoms with Gasteiger partial charge in [-0.2, -0.15) is 5.10 Å². The number of hydrogen-bond donors (Lipinski definition) is 0. The fraction of sp³-hybridized carbons (Fsp3) is 0.370. The number of rotatable bonds is 9. The average molecular weight is 511 g/mol. The van der Waals surface area contributed by atoms with Gasteiger partial charge in [-0.3, -0.25) is 14.3 Å². The number of hydrogen-bond acceptors (Lipinski definition) is 5. The maximum atomic E-state index is 13.3. The quantitative estimate of drug-likeness (QED) is 0.440. The van der Waals surface area contributed by atoms with E-state index >= 15 is 0 Å². The largest absolute Gasteiger partial charge is 0.490 e. The second-order valence-electron chi connectivity index (χ2n) is 9.22. The minimum Gasteiger partial charge on any atom is -0.490 e. The number of aromatic nitrogens is 2.